The van der Waals surface area contributed by atoms with Crippen molar-refractivity contribution in [3.63, 3.8) is 0 Å². The largest absolute Gasteiger partial charge is 0.493 e. The third kappa shape index (κ3) is 3.17. The van der Waals surface area contributed by atoms with Crippen LogP contribution < -0.4 is 4.74 Å². The summed E-state index contributed by atoms with van der Waals surface area (Å²) < 4.78 is 5.47. The number of Topliss-reactive ketones (excluding diaryl/α,β-unsaturated/α-hetero) is 1. The Bertz CT molecular complexity index is 321. The Morgan fingerprint density at radius 3 is 2.86 bits per heavy atom. The Morgan fingerprint density at radius 2 is 2.29 bits per heavy atom. The molecule has 0 aromatic carbocycles. The summed E-state index contributed by atoms with van der Waals surface area (Å²) in [4.78, 5) is 15.0. The number of nitrogens with zero attached hydrogens (tertiary/aromatic N) is 1. The number of pyridine rings is 1. The van der Waals surface area contributed by atoms with Gasteiger partial charge in [-0.15, -0.1) is 0 Å². The van der Waals surface area contributed by atoms with Crippen LogP contribution in [0, 0.1) is 5.92 Å². The van der Waals surface area contributed by atoms with Gasteiger partial charge in [-0.1, -0.05) is 13.8 Å². The minimum Gasteiger partial charge on any atom is -0.493 e. The maximum atomic E-state index is 11.0. The van der Waals surface area contributed by atoms with Gasteiger partial charge in [-0.2, -0.15) is 0 Å². The lowest BCUT2D eigenvalue weighted by atomic mass is 10.2. The van der Waals surface area contributed by atoms with Crippen LogP contribution in [0.5, 0.6) is 5.75 Å². The van der Waals surface area contributed by atoms with Crippen molar-refractivity contribution in [2.75, 3.05) is 6.61 Å². The van der Waals surface area contributed by atoms with Crippen LogP contribution in [0.25, 0.3) is 0 Å². The van der Waals surface area contributed by atoms with E-state index in [4.69, 9.17) is 4.74 Å². The maximum Gasteiger partial charge on any atom is 0.178 e. The highest BCUT2D eigenvalue weighted by Gasteiger charge is 2.03. The first-order chi connectivity index (χ1) is 6.59. The molecule has 0 atom stereocenters. The molecule has 3 heteroatoms. The quantitative estimate of drug-likeness (QED) is 0.689. The zero-order valence-corrected chi connectivity index (χ0v) is 8.78. The second-order valence-corrected chi connectivity index (χ2v) is 3.64. The topological polar surface area (TPSA) is 39.2 Å². The molecule has 3 nitrogen and oxygen atoms in total. The van der Waals surface area contributed by atoms with Crippen LogP contribution in [-0.2, 0) is 0 Å². The molecular formula is C11H15NO2. The van der Waals surface area contributed by atoms with E-state index < -0.39 is 0 Å². The van der Waals surface area contributed by atoms with Crippen LogP contribution in [0.2, 0.25) is 0 Å². The van der Waals surface area contributed by atoms with Gasteiger partial charge >= 0.3 is 0 Å². The van der Waals surface area contributed by atoms with E-state index in [0.717, 1.165) is 0 Å². The maximum absolute atomic E-state index is 11.0. The van der Waals surface area contributed by atoms with Crippen molar-refractivity contribution in [1.29, 1.82) is 0 Å². The number of carbonyl (C=O) groups is 1. The van der Waals surface area contributed by atoms with Crippen molar-refractivity contribution in [3.8, 4) is 5.75 Å². The number of aromatic nitrogens is 1. The van der Waals surface area contributed by atoms with Gasteiger partial charge in [0.05, 0.1) is 6.61 Å². The first kappa shape index (κ1) is 10.7. The lowest BCUT2D eigenvalue weighted by Gasteiger charge is -2.08. The van der Waals surface area contributed by atoms with Crippen LogP contribution in [-0.4, -0.2) is 17.4 Å². The summed E-state index contributed by atoms with van der Waals surface area (Å²) in [5.41, 5.74) is 0.450. The highest BCUT2D eigenvalue weighted by atomic mass is 16.5. The van der Waals surface area contributed by atoms with Gasteiger partial charge in [0, 0.05) is 19.2 Å². The predicted molar refractivity (Wildman–Crippen MR) is 54.6 cm³/mol. The molecule has 76 valence electrons. The summed E-state index contributed by atoms with van der Waals surface area (Å²) in [6, 6.07) is 3.43. The Hall–Kier alpha value is -1.38. The van der Waals surface area contributed by atoms with Crippen molar-refractivity contribution in [2.24, 2.45) is 5.92 Å². The van der Waals surface area contributed by atoms with Gasteiger partial charge in [0.25, 0.3) is 0 Å². The summed E-state index contributed by atoms with van der Waals surface area (Å²) in [7, 11) is 0. The molecule has 0 saturated carbocycles. The fourth-order valence-electron chi connectivity index (χ4n) is 0.956. The van der Waals surface area contributed by atoms with Crippen molar-refractivity contribution >= 4 is 5.78 Å². The lowest BCUT2D eigenvalue weighted by Crippen LogP contribution is -2.05. The molecule has 0 spiro atoms. The summed E-state index contributed by atoms with van der Waals surface area (Å²) in [5, 5.41) is 0. The Balaban J connectivity index is 2.69. The lowest BCUT2D eigenvalue weighted by molar-refractivity contribution is 0.101. The van der Waals surface area contributed by atoms with E-state index in [9.17, 15) is 4.79 Å². The zero-order valence-electron chi connectivity index (χ0n) is 8.78. The predicted octanol–water partition coefficient (Wildman–Crippen LogP) is 2.32. The number of carbonyl (C=O) groups excluding carboxylic acids is 1. The van der Waals surface area contributed by atoms with Gasteiger partial charge in [-0.25, -0.2) is 0 Å². The molecule has 0 bridgehead atoms. The van der Waals surface area contributed by atoms with Gasteiger partial charge in [0.15, 0.2) is 5.78 Å². The number of rotatable bonds is 4. The van der Waals surface area contributed by atoms with Gasteiger partial charge in [0.2, 0.25) is 0 Å². The molecule has 0 aliphatic carbocycles. The molecule has 14 heavy (non-hydrogen) atoms. The van der Waals surface area contributed by atoms with E-state index in [-0.39, 0.29) is 5.78 Å². The van der Waals surface area contributed by atoms with Crippen LogP contribution in [0.15, 0.2) is 18.3 Å². The monoisotopic (exact) mass is 193 g/mol. The third-order valence-corrected chi connectivity index (χ3v) is 1.68. The molecule has 0 radical (unpaired) electrons. The zero-order chi connectivity index (χ0) is 10.6. The first-order valence-electron chi connectivity index (χ1n) is 4.69. The van der Waals surface area contributed by atoms with Crippen molar-refractivity contribution in [1.82, 2.24) is 4.98 Å². The molecule has 1 rings (SSSR count). The molecule has 0 saturated heterocycles. The summed E-state index contributed by atoms with van der Waals surface area (Å²) in [6.07, 6.45) is 1.59. The SMILES string of the molecule is CC(=O)c1cc(OCC(C)C)ccn1. The number of ketones is 1. The molecule has 0 aliphatic heterocycles. The fraction of sp³-hybridized carbons (Fsp3) is 0.455. The molecular weight excluding hydrogens is 178 g/mol. The molecule has 0 amide bonds. The summed E-state index contributed by atoms with van der Waals surface area (Å²) in [6.45, 7) is 6.30. The Labute approximate surface area is 84.1 Å². The molecule has 1 aromatic rings. The molecule has 0 unspecified atom stereocenters. The minimum atomic E-state index is -0.0417. The average Bonchev–Trinajstić information content (AvgIpc) is 2.15. The van der Waals surface area contributed by atoms with Crippen LogP contribution in [0.4, 0.5) is 0 Å². The molecule has 1 heterocycles. The summed E-state index contributed by atoms with van der Waals surface area (Å²) in [5.74, 6) is 1.14. The molecule has 0 fully saturated rings. The van der Waals surface area contributed by atoms with E-state index in [1.54, 1.807) is 18.3 Å². The summed E-state index contributed by atoms with van der Waals surface area (Å²) >= 11 is 0. The average molecular weight is 193 g/mol. The third-order valence-electron chi connectivity index (χ3n) is 1.68. The van der Waals surface area contributed by atoms with Gasteiger partial charge in [-0.05, 0) is 12.0 Å². The smallest absolute Gasteiger partial charge is 0.178 e. The molecule has 1 aromatic heterocycles. The van der Waals surface area contributed by atoms with E-state index in [1.165, 1.54) is 6.92 Å². The Kier molecular flexibility index (Phi) is 3.63. The van der Waals surface area contributed by atoms with Crippen molar-refractivity contribution < 1.29 is 9.53 Å². The molecule has 0 aliphatic rings. The van der Waals surface area contributed by atoms with Gasteiger partial charge in [0.1, 0.15) is 11.4 Å². The van der Waals surface area contributed by atoms with E-state index in [1.807, 2.05) is 0 Å². The second-order valence-electron chi connectivity index (χ2n) is 3.64. The second kappa shape index (κ2) is 4.74. The first-order valence-corrected chi connectivity index (χ1v) is 4.69. The Morgan fingerprint density at radius 1 is 1.57 bits per heavy atom. The van der Waals surface area contributed by atoms with Crippen LogP contribution in [0.3, 0.4) is 0 Å². The van der Waals surface area contributed by atoms with Crippen LogP contribution in [0.1, 0.15) is 31.3 Å². The highest BCUT2D eigenvalue weighted by molar-refractivity contribution is 5.92. The van der Waals surface area contributed by atoms with Crippen molar-refractivity contribution in [3.05, 3.63) is 24.0 Å². The standard InChI is InChI=1S/C11H15NO2/c1-8(2)7-14-10-4-5-12-11(6-10)9(3)13/h4-6,8H,7H2,1-3H3. The van der Waals surface area contributed by atoms with E-state index >= 15 is 0 Å². The highest BCUT2D eigenvalue weighted by Crippen LogP contribution is 2.12. The van der Waals surface area contributed by atoms with E-state index in [2.05, 4.69) is 18.8 Å². The van der Waals surface area contributed by atoms with Crippen LogP contribution >= 0.6 is 0 Å². The number of hydrogen-bond acceptors (Lipinski definition) is 3. The fourth-order valence-corrected chi connectivity index (χ4v) is 0.956. The minimum absolute atomic E-state index is 0.0417. The van der Waals surface area contributed by atoms with E-state index in [0.29, 0.717) is 24.0 Å². The normalized spacial score (nSPS) is 10.3. The molecule has 0 N–H and O–H groups in total. The van der Waals surface area contributed by atoms with Gasteiger partial charge in [-0.3, -0.25) is 9.78 Å². The van der Waals surface area contributed by atoms with Crippen molar-refractivity contribution in [2.45, 2.75) is 20.8 Å². The number of hydrogen-bond donors (Lipinski definition) is 0. The number of ether oxygens (including phenoxy) is 1. The van der Waals surface area contributed by atoms with Gasteiger partial charge < -0.3 is 4.74 Å².